The highest BCUT2D eigenvalue weighted by Gasteiger charge is 2.40. The average Bonchev–Trinajstić information content (AvgIpc) is 3.04. The molecule has 0 atom stereocenters. The first-order chi connectivity index (χ1) is 9.85. The number of nitrogens with one attached hydrogen (secondary N) is 1. The molecule has 0 saturated carbocycles. The standard InChI is InChI=1S/C17H26N2O/c1-2-20-16-7-5-15(6-8-16)17(9-11-18-12-10-17)19-13-3-4-14-19/h5-8,18H,2-4,9-14H2,1H3. The molecule has 1 aromatic rings. The molecule has 1 N–H and O–H groups in total. The Hall–Kier alpha value is -1.06. The lowest BCUT2D eigenvalue weighted by Crippen LogP contribution is -2.51. The highest BCUT2D eigenvalue weighted by atomic mass is 16.5. The minimum atomic E-state index is 0.256. The Morgan fingerprint density at radius 1 is 1.10 bits per heavy atom. The van der Waals surface area contributed by atoms with Gasteiger partial charge in [0, 0.05) is 5.54 Å². The molecule has 0 unspecified atom stereocenters. The molecule has 2 saturated heterocycles. The number of likely N-dealkylation sites (tertiary alicyclic amines) is 1. The van der Waals surface area contributed by atoms with Crippen LogP contribution in [0.25, 0.3) is 0 Å². The van der Waals surface area contributed by atoms with Gasteiger partial charge in [-0.05, 0) is 76.5 Å². The minimum absolute atomic E-state index is 0.256. The van der Waals surface area contributed by atoms with Gasteiger partial charge in [0.05, 0.1) is 6.61 Å². The van der Waals surface area contributed by atoms with Crippen LogP contribution in [0.4, 0.5) is 0 Å². The first-order valence-corrected chi connectivity index (χ1v) is 8.04. The largest absolute Gasteiger partial charge is 0.494 e. The van der Waals surface area contributed by atoms with Gasteiger partial charge >= 0.3 is 0 Å². The van der Waals surface area contributed by atoms with Gasteiger partial charge in [-0.2, -0.15) is 0 Å². The van der Waals surface area contributed by atoms with Gasteiger partial charge in [0.15, 0.2) is 0 Å². The summed E-state index contributed by atoms with van der Waals surface area (Å²) < 4.78 is 5.58. The van der Waals surface area contributed by atoms with Crippen LogP contribution in [0.3, 0.4) is 0 Å². The van der Waals surface area contributed by atoms with Gasteiger partial charge in [0.25, 0.3) is 0 Å². The van der Waals surface area contributed by atoms with Crippen LogP contribution in [0, 0.1) is 0 Å². The van der Waals surface area contributed by atoms with E-state index in [-0.39, 0.29) is 5.54 Å². The molecule has 0 spiro atoms. The molecular weight excluding hydrogens is 248 g/mol. The van der Waals surface area contributed by atoms with Gasteiger partial charge in [-0.1, -0.05) is 12.1 Å². The predicted molar refractivity (Wildman–Crippen MR) is 82.2 cm³/mol. The Morgan fingerprint density at radius 3 is 2.35 bits per heavy atom. The zero-order valence-electron chi connectivity index (χ0n) is 12.5. The van der Waals surface area contributed by atoms with Crippen LogP contribution >= 0.6 is 0 Å². The van der Waals surface area contributed by atoms with Crippen LogP contribution in [0.2, 0.25) is 0 Å². The fraction of sp³-hybridized carbons (Fsp3) is 0.647. The smallest absolute Gasteiger partial charge is 0.119 e. The minimum Gasteiger partial charge on any atom is -0.494 e. The lowest BCUT2D eigenvalue weighted by molar-refractivity contribution is 0.0777. The quantitative estimate of drug-likeness (QED) is 0.913. The second-order valence-corrected chi connectivity index (χ2v) is 5.93. The second-order valence-electron chi connectivity index (χ2n) is 5.93. The fourth-order valence-electron chi connectivity index (χ4n) is 3.80. The third-order valence-corrected chi connectivity index (χ3v) is 4.84. The highest BCUT2D eigenvalue weighted by molar-refractivity contribution is 5.33. The van der Waals surface area contributed by atoms with Crippen LogP contribution in [0.15, 0.2) is 24.3 Å². The molecule has 0 bridgehead atoms. The maximum absolute atomic E-state index is 5.58. The summed E-state index contributed by atoms with van der Waals surface area (Å²) in [6.07, 6.45) is 5.15. The summed E-state index contributed by atoms with van der Waals surface area (Å²) in [7, 11) is 0. The molecular formula is C17H26N2O. The van der Waals surface area contributed by atoms with Crippen LogP contribution in [0.5, 0.6) is 5.75 Å². The molecule has 3 heteroatoms. The van der Waals surface area contributed by atoms with Crippen molar-refractivity contribution in [2.45, 2.75) is 38.1 Å². The van der Waals surface area contributed by atoms with Crippen molar-refractivity contribution in [2.24, 2.45) is 0 Å². The molecule has 1 aromatic carbocycles. The number of ether oxygens (including phenoxy) is 1. The van der Waals surface area contributed by atoms with Crippen molar-refractivity contribution < 1.29 is 4.74 Å². The molecule has 0 aliphatic carbocycles. The SMILES string of the molecule is CCOc1ccc(C2(N3CCCC3)CCNCC2)cc1. The van der Waals surface area contributed by atoms with Gasteiger partial charge in [-0.15, -0.1) is 0 Å². The van der Waals surface area contributed by atoms with E-state index < -0.39 is 0 Å². The van der Waals surface area contributed by atoms with Gasteiger partial charge in [-0.25, -0.2) is 0 Å². The Labute approximate surface area is 122 Å². The summed E-state index contributed by atoms with van der Waals surface area (Å²) in [5.41, 5.74) is 1.73. The van der Waals surface area contributed by atoms with Crippen LogP contribution in [0.1, 0.15) is 38.2 Å². The molecule has 20 heavy (non-hydrogen) atoms. The number of rotatable bonds is 4. The van der Waals surface area contributed by atoms with E-state index in [4.69, 9.17) is 4.74 Å². The van der Waals surface area contributed by atoms with Crippen molar-refractivity contribution >= 4 is 0 Å². The molecule has 3 nitrogen and oxygen atoms in total. The molecule has 2 heterocycles. The van der Waals surface area contributed by atoms with E-state index in [1.54, 1.807) is 0 Å². The Balaban J connectivity index is 1.87. The fourth-order valence-corrected chi connectivity index (χ4v) is 3.80. The third-order valence-electron chi connectivity index (χ3n) is 4.84. The predicted octanol–water partition coefficient (Wildman–Crippen LogP) is 2.76. The molecule has 3 rings (SSSR count). The number of nitrogens with zero attached hydrogens (tertiary/aromatic N) is 1. The maximum Gasteiger partial charge on any atom is 0.119 e. The molecule has 0 amide bonds. The molecule has 0 aromatic heterocycles. The Bertz CT molecular complexity index is 417. The van der Waals surface area contributed by atoms with Gasteiger partial charge in [0.1, 0.15) is 5.75 Å². The summed E-state index contributed by atoms with van der Waals surface area (Å²) in [4.78, 5) is 2.73. The number of piperidine rings is 1. The topological polar surface area (TPSA) is 24.5 Å². The van der Waals surface area contributed by atoms with Crippen molar-refractivity contribution in [2.75, 3.05) is 32.8 Å². The highest BCUT2D eigenvalue weighted by Crippen LogP contribution is 2.39. The van der Waals surface area contributed by atoms with E-state index in [2.05, 4.69) is 34.5 Å². The Morgan fingerprint density at radius 2 is 1.75 bits per heavy atom. The van der Waals surface area contributed by atoms with E-state index >= 15 is 0 Å². The van der Waals surface area contributed by atoms with Crippen molar-refractivity contribution in [1.29, 1.82) is 0 Å². The zero-order chi connectivity index (χ0) is 13.8. The van der Waals surface area contributed by atoms with Crippen molar-refractivity contribution in [3.05, 3.63) is 29.8 Å². The number of hydrogen-bond acceptors (Lipinski definition) is 3. The second kappa shape index (κ2) is 6.15. The molecule has 2 fully saturated rings. The number of hydrogen-bond donors (Lipinski definition) is 1. The number of benzene rings is 1. The third kappa shape index (κ3) is 2.57. The van der Waals surface area contributed by atoms with Gasteiger partial charge < -0.3 is 10.1 Å². The van der Waals surface area contributed by atoms with Crippen molar-refractivity contribution in [3.8, 4) is 5.75 Å². The van der Waals surface area contributed by atoms with E-state index in [1.165, 1.54) is 44.3 Å². The summed E-state index contributed by atoms with van der Waals surface area (Å²) >= 11 is 0. The van der Waals surface area contributed by atoms with Crippen LogP contribution < -0.4 is 10.1 Å². The van der Waals surface area contributed by atoms with E-state index in [9.17, 15) is 0 Å². The van der Waals surface area contributed by atoms with Crippen LogP contribution in [-0.4, -0.2) is 37.7 Å². The molecule has 2 aliphatic heterocycles. The molecule has 2 aliphatic rings. The first kappa shape index (κ1) is 13.9. The zero-order valence-corrected chi connectivity index (χ0v) is 12.5. The van der Waals surface area contributed by atoms with Gasteiger partial charge in [0.2, 0.25) is 0 Å². The lowest BCUT2D eigenvalue weighted by atomic mass is 9.80. The summed E-state index contributed by atoms with van der Waals surface area (Å²) in [6.45, 7) is 7.54. The van der Waals surface area contributed by atoms with Gasteiger partial charge in [-0.3, -0.25) is 4.90 Å². The van der Waals surface area contributed by atoms with E-state index in [0.717, 1.165) is 25.4 Å². The Kier molecular flexibility index (Phi) is 4.27. The van der Waals surface area contributed by atoms with Crippen LogP contribution in [-0.2, 0) is 5.54 Å². The van der Waals surface area contributed by atoms with E-state index in [0.29, 0.717) is 0 Å². The summed E-state index contributed by atoms with van der Waals surface area (Å²) in [5.74, 6) is 0.988. The van der Waals surface area contributed by atoms with E-state index in [1.807, 2.05) is 6.92 Å². The molecule has 110 valence electrons. The summed E-state index contributed by atoms with van der Waals surface area (Å²) in [6, 6.07) is 8.85. The van der Waals surface area contributed by atoms with Crippen molar-refractivity contribution in [3.63, 3.8) is 0 Å². The molecule has 0 radical (unpaired) electrons. The average molecular weight is 274 g/mol. The first-order valence-electron chi connectivity index (χ1n) is 8.04. The monoisotopic (exact) mass is 274 g/mol. The lowest BCUT2D eigenvalue weighted by Gasteiger charge is -2.45. The normalized spacial score (nSPS) is 22.9. The maximum atomic E-state index is 5.58. The summed E-state index contributed by atoms with van der Waals surface area (Å²) in [5, 5.41) is 3.51. The van der Waals surface area contributed by atoms with Crippen molar-refractivity contribution in [1.82, 2.24) is 10.2 Å².